The lowest BCUT2D eigenvalue weighted by Gasteiger charge is -2.40. The molecule has 2 heteroatoms. The van der Waals surface area contributed by atoms with Crippen LogP contribution >= 0.6 is 0 Å². The first-order valence-corrected chi connectivity index (χ1v) is 6.72. The average Bonchev–Trinajstić information content (AvgIpc) is 2.25. The number of nitrogens with zero attached hydrogens (tertiary/aromatic N) is 1. The zero-order valence-corrected chi connectivity index (χ0v) is 12.6. The zero-order chi connectivity index (χ0) is 13.9. The minimum atomic E-state index is -0.348. The quantitative estimate of drug-likeness (QED) is 0.867. The molecule has 0 saturated heterocycles. The number of hydrogen-bond acceptors (Lipinski definition) is 2. The normalized spacial score (nSPS) is 16.7. The van der Waals surface area contributed by atoms with Crippen molar-refractivity contribution in [2.24, 2.45) is 0 Å². The van der Waals surface area contributed by atoms with Gasteiger partial charge in [0.15, 0.2) is 0 Å². The molecule has 2 unspecified atom stereocenters. The smallest absolute Gasteiger partial charge is 0.0761 e. The third kappa shape index (κ3) is 3.33. The van der Waals surface area contributed by atoms with Gasteiger partial charge in [-0.05, 0) is 46.9 Å². The van der Waals surface area contributed by atoms with Gasteiger partial charge in [-0.25, -0.2) is 0 Å². The number of benzene rings is 1. The molecule has 1 N–H and O–H groups in total. The number of rotatable bonds is 5. The standard InChI is InChI=1S/C16H27NO/c1-7-16(4,17(5)6)15(18)11-14-9-12(2)8-13(3)10-14/h8-10,15,18H,7,11H2,1-6H3. The molecule has 102 valence electrons. The van der Waals surface area contributed by atoms with Gasteiger partial charge in [-0.15, -0.1) is 0 Å². The number of aryl methyl sites for hydroxylation is 2. The fraction of sp³-hybridized carbons (Fsp3) is 0.625. The molecule has 0 aromatic heterocycles. The van der Waals surface area contributed by atoms with Crippen molar-refractivity contribution in [1.82, 2.24) is 4.90 Å². The van der Waals surface area contributed by atoms with Crippen molar-refractivity contribution in [1.29, 1.82) is 0 Å². The van der Waals surface area contributed by atoms with E-state index >= 15 is 0 Å². The summed E-state index contributed by atoms with van der Waals surface area (Å²) < 4.78 is 0. The van der Waals surface area contributed by atoms with Gasteiger partial charge in [0.25, 0.3) is 0 Å². The summed E-state index contributed by atoms with van der Waals surface area (Å²) in [5.41, 5.74) is 3.58. The van der Waals surface area contributed by atoms with Gasteiger partial charge in [-0.1, -0.05) is 36.2 Å². The van der Waals surface area contributed by atoms with Crippen LogP contribution in [-0.2, 0) is 6.42 Å². The highest BCUT2D eigenvalue weighted by molar-refractivity contribution is 5.29. The summed E-state index contributed by atoms with van der Waals surface area (Å²) in [6, 6.07) is 6.50. The lowest BCUT2D eigenvalue weighted by molar-refractivity contribution is 0.00300. The molecule has 0 amide bonds. The fourth-order valence-corrected chi connectivity index (χ4v) is 2.48. The predicted octanol–water partition coefficient (Wildman–Crippen LogP) is 2.94. The SMILES string of the molecule is CCC(C)(C(O)Cc1cc(C)cc(C)c1)N(C)C. The van der Waals surface area contributed by atoms with E-state index in [0.29, 0.717) is 6.42 Å². The third-order valence-corrected chi connectivity index (χ3v) is 4.17. The first-order chi connectivity index (χ1) is 8.29. The van der Waals surface area contributed by atoms with Gasteiger partial charge in [0.05, 0.1) is 6.10 Å². The molecule has 0 bridgehead atoms. The molecule has 2 atom stereocenters. The van der Waals surface area contributed by atoms with Gasteiger partial charge in [0, 0.05) is 12.0 Å². The lowest BCUT2D eigenvalue weighted by Crippen LogP contribution is -2.51. The van der Waals surface area contributed by atoms with E-state index < -0.39 is 0 Å². The first-order valence-electron chi connectivity index (χ1n) is 6.72. The van der Waals surface area contributed by atoms with Gasteiger partial charge in [0.1, 0.15) is 0 Å². The molecule has 18 heavy (non-hydrogen) atoms. The van der Waals surface area contributed by atoms with Crippen LogP contribution in [-0.4, -0.2) is 35.7 Å². The number of hydrogen-bond donors (Lipinski definition) is 1. The van der Waals surface area contributed by atoms with E-state index in [1.807, 2.05) is 14.1 Å². The summed E-state index contributed by atoms with van der Waals surface area (Å²) >= 11 is 0. The van der Waals surface area contributed by atoms with Crippen LogP contribution in [0.25, 0.3) is 0 Å². The Kier molecular flexibility index (Phi) is 4.94. The highest BCUT2D eigenvalue weighted by Gasteiger charge is 2.33. The highest BCUT2D eigenvalue weighted by Crippen LogP contribution is 2.24. The van der Waals surface area contributed by atoms with Crippen molar-refractivity contribution in [3.8, 4) is 0 Å². The Morgan fingerprint density at radius 2 is 1.67 bits per heavy atom. The minimum Gasteiger partial charge on any atom is -0.391 e. The van der Waals surface area contributed by atoms with E-state index in [0.717, 1.165) is 6.42 Å². The van der Waals surface area contributed by atoms with Gasteiger partial charge in [-0.3, -0.25) is 0 Å². The highest BCUT2D eigenvalue weighted by atomic mass is 16.3. The second-order valence-electron chi connectivity index (χ2n) is 5.82. The molecule has 0 aliphatic heterocycles. The van der Waals surface area contributed by atoms with Crippen LogP contribution in [0.3, 0.4) is 0 Å². The molecule has 0 aliphatic rings. The largest absolute Gasteiger partial charge is 0.391 e. The van der Waals surface area contributed by atoms with Gasteiger partial charge in [0.2, 0.25) is 0 Å². The van der Waals surface area contributed by atoms with Crippen molar-refractivity contribution in [2.75, 3.05) is 14.1 Å². The molecule has 2 nitrogen and oxygen atoms in total. The maximum Gasteiger partial charge on any atom is 0.0761 e. The Balaban J connectivity index is 2.89. The van der Waals surface area contributed by atoms with Gasteiger partial charge in [-0.2, -0.15) is 0 Å². The summed E-state index contributed by atoms with van der Waals surface area (Å²) in [6.45, 7) is 8.47. The van der Waals surface area contributed by atoms with E-state index in [1.54, 1.807) is 0 Å². The van der Waals surface area contributed by atoms with Crippen LogP contribution in [0.1, 0.15) is 37.0 Å². The molecule has 0 saturated carbocycles. The molecule has 0 radical (unpaired) electrons. The first kappa shape index (κ1) is 15.2. The number of likely N-dealkylation sites (N-methyl/N-ethyl adjacent to an activating group) is 1. The molecule has 0 fully saturated rings. The Morgan fingerprint density at radius 3 is 2.06 bits per heavy atom. The molecular formula is C16H27NO. The average molecular weight is 249 g/mol. The van der Waals surface area contributed by atoms with Gasteiger partial charge < -0.3 is 10.0 Å². The third-order valence-electron chi connectivity index (χ3n) is 4.17. The fourth-order valence-electron chi connectivity index (χ4n) is 2.48. The monoisotopic (exact) mass is 249 g/mol. The van der Waals surface area contributed by atoms with E-state index in [2.05, 4.69) is 50.8 Å². The van der Waals surface area contributed by atoms with Crippen molar-refractivity contribution in [3.05, 3.63) is 34.9 Å². The van der Waals surface area contributed by atoms with Crippen LogP contribution in [0.15, 0.2) is 18.2 Å². The Labute approximate surface area is 112 Å². The van der Waals surface area contributed by atoms with Crippen LogP contribution in [0, 0.1) is 13.8 Å². The second kappa shape index (κ2) is 5.85. The molecular weight excluding hydrogens is 222 g/mol. The maximum absolute atomic E-state index is 10.5. The minimum absolute atomic E-state index is 0.169. The summed E-state index contributed by atoms with van der Waals surface area (Å²) in [5, 5.41) is 10.5. The van der Waals surface area contributed by atoms with E-state index in [-0.39, 0.29) is 11.6 Å². The topological polar surface area (TPSA) is 23.5 Å². The Hall–Kier alpha value is -0.860. The molecule has 1 rings (SSSR count). The lowest BCUT2D eigenvalue weighted by atomic mass is 9.86. The Morgan fingerprint density at radius 1 is 1.17 bits per heavy atom. The molecule has 0 heterocycles. The summed E-state index contributed by atoms with van der Waals surface area (Å²) in [6.07, 6.45) is 1.30. The predicted molar refractivity (Wildman–Crippen MR) is 78.0 cm³/mol. The van der Waals surface area contributed by atoms with E-state index in [4.69, 9.17) is 0 Å². The van der Waals surface area contributed by atoms with E-state index in [9.17, 15) is 5.11 Å². The van der Waals surface area contributed by atoms with Gasteiger partial charge >= 0.3 is 0 Å². The molecule has 0 aliphatic carbocycles. The zero-order valence-electron chi connectivity index (χ0n) is 12.6. The molecule has 1 aromatic rings. The van der Waals surface area contributed by atoms with Crippen molar-refractivity contribution < 1.29 is 5.11 Å². The molecule has 0 spiro atoms. The number of aliphatic hydroxyl groups is 1. The van der Waals surface area contributed by atoms with Crippen molar-refractivity contribution >= 4 is 0 Å². The summed E-state index contributed by atoms with van der Waals surface area (Å²) in [7, 11) is 4.07. The Bertz CT molecular complexity index is 380. The van der Waals surface area contributed by atoms with Crippen LogP contribution < -0.4 is 0 Å². The number of aliphatic hydroxyl groups excluding tert-OH is 1. The van der Waals surface area contributed by atoms with Crippen LogP contribution in [0.4, 0.5) is 0 Å². The van der Waals surface area contributed by atoms with Crippen LogP contribution in [0.2, 0.25) is 0 Å². The summed E-state index contributed by atoms with van der Waals surface area (Å²) in [4.78, 5) is 2.13. The maximum atomic E-state index is 10.5. The van der Waals surface area contributed by atoms with Crippen molar-refractivity contribution in [3.63, 3.8) is 0 Å². The summed E-state index contributed by atoms with van der Waals surface area (Å²) in [5.74, 6) is 0. The second-order valence-corrected chi connectivity index (χ2v) is 5.82. The van der Waals surface area contributed by atoms with Crippen molar-refractivity contribution in [2.45, 2.75) is 52.2 Å². The molecule has 1 aromatic carbocycles. The van der Waals surface area contributed by atoms with E-state index in [1.165, 1.54) is 16.7 Å². The van der Waals surface area contributed by atoms with Crippen LogP contribution in [0.5, 0.6) is 0 Å².